The summed E-state index contributed by atoms with van der Waals surface area (Å²) < 4.78 is 5.12. The van der Waals surface area contributed by atoms with Gasteiger partial charge in [-0.3, -0.25) is 10.0 Å². The zero-order valence-corrected chi connectivity index (χ0v) is 8.16. The molecule has 13 heavy (non-hydrogen) atoms. The monoisotopic (exact) mass is 181 g/mol. The molecule has 0 aliphatic carbocycles. The molecule has 0 spiro atoms. The van der Waals surface area contributed by atoms with E-state index in [-0.39, 0.29) is 0 Å². The number of hydrogen-bond donors (Lipinski definition) is 0. The lowest BCUT2D eigenvalue weighted by atomic mass is 9.94. The predicted octanol–water partition coefficient (Wildman–Crippen LogP) is 0.395. The average molecular weight is 181 g/mol. The molecule has 0 amide bonds. The van der Waals surface area contributed by atoms with Gasteiger partial charge in [-0.05, 0) is 0 Å². The van der Waals surface area contributed by atoms with Gasteiger partial charge in [-0.15, -0.1) is 0 Å². The Bertz CT molecular complexity index is 260. The van der Waals surface area contributed by atoms with Crippen molar-refractivity contribution in [2.75, 3.05) is 33.9 Å². The summed E-state index contributed by atoms with van der Waals surface area (Å²) >= 11 is 0. The molecule has 0 aromatic carbocycles. The number of fused-ring (bicyclic) bond motifs is 1. The maximum Gasteiger partial charge on any atom is 0.0847 e. The van der Waals surface area contributed by atoms with Crippen LogP contribution in [-0.2, 0) is 4.74 Å². The van der Waals surface area contributed by atoms with Crippen LogP contribution in [0.3, 0.4) is 0 Å². The number of rotatable bonds is 2. The Morgan fingerprint density at radius 1 is 1.62 bits per heavy atom. The van der Waals surface area contributed by atoms with Gasteiger partial charge >= 0.3 is 0 Å². The normalized spacial score (nSPS) is 26.9. The van der Waals surface area contributed by atoms with Gasteiger partial charge in [0.25, 0.3) is 0 Å². The van der Waals surface area contributed by atoms with Gasteiger partial charge in [-0.25, -0.2) is 0 Å². The Morgan fingerprint density at radius 3 is 3.23 bits per heavy atom. The van der Waals surface area contributed by atoms with Crippen LogP contribution in [0.15, 0.2) is 10.1 Å². The molecule has 4 heteroatoms. The molecule has 0 fully saturated rings. The Morgan fingerprint density at radius 2 is 2.46 bits per heavy atom. The number of hydrogen-bond acceptors (Lipinski definition) is 4. The number of aliphatic imine (C=N–C) groups is 1. The number of nitrogens with zero attached hydrogens (tertiary/aromatic N) is 3. The molecule has 0 radical (unpaired) electrons. The van der Waals surface area contributed by atoms with Crippen LogP contribution in [0, 0.1) is 5.92 Å². The molecule has 2 rings (SSSR count). The van der Waals surface area contributed by atoms with Gasteiger partial charge in [0, 0.05) is 39.4 Å². The fraction of sp³-hybridized carbons (Fsp3) is 0.778. The molecule has 72 valence electrons. The van der Waals surface area contributed by atoms with Gasteiger partial charge < -0.3 is 4.74 Å². The first-order chi connectivity index (χ1) is 6.31. The summed E-state index contributed by atoms with van der Waals surface area (Å²) in [5, 5.41) is 6.45. The molecule has 0 N–H and O–H groups in total. The zero-order chi connectivity index (χ0) is 9.26. The highest BCUT2D eigenvalue weighted by molar-refractivity contribution is 6.10. The first-order valence-corrected chi connectivity index (χ1v) is 4.62. The van der Waals surface area contributed by atoms with Crippen molar-refractivity contribution in [3.8, 4) is 0 Å². The quantitative estimate of drug-likeness (QED) is 0.618. The maximum atomic E-state index is 5.12. The van der Waals surface area contributed by atoms with Crippen LogP contribution in [0.5, 0.6) is 0 Å². The number of ether oxygens (including phenoxy) is 1. The molecule has 1 unspecified atom stereocenters. The van der Waals surface area contributed by atoms with Crippen LogP contribution in [0.2, 0.25) is 0 Å². The van der Waals surface area contributed by atoms with E-state index in [1.54, 1.807) is 7.11 Å². The van der Waals surface area contributed by atoms with Gasteiger partial charge in [0.1, 0.15) is 0 Å². The average Bonchev–Trinajstić information content (AvgIpc) is 2.47. The fourth-order valence-electron chi connectivity index (χ4n) is 1.94. The van der Waals surface area contributed by atoms with E-state index >= 15 is 0 Å². The summed E-state index contributed by atoms with van der Waals surface area (Å²) in [6.45, 7) is 2.50. The van der Waals surface area contributed by atoms with Crippen molar-refractivity contribution in [3.05, 3.63) is 0 Å². The first-order valence-electron chi connectivity index (χ1n) is 4.62. The summed E-state index contributed by atoms with van der Waals surface area (Å²) in [4.78, 5) is 4.48. The minimum atomic E-state index is 0.429. The predicted molar refractivity (Wildman–Crippen MR) is 52.4 cm³/mol. The van der Waals surface area contributed by atoms with Crippen LogP contribution in [0.25, 0.3) is 0 Å². The number of methoxy groups -OCH3 is 1. The lowest BCUT2D eigenvalue weighted by Crippen LogP contribution is -2.32. The van der Waals surface area contributed by atoms with Crippen molar-refractivity contribution in [2.24, 2.45) is 16.0 Å². The van der Waals surface area contributed by atoms with Crippen molar-refractivity contribution in [1.82, 2.24) is 5.01 Å². The van der Waals surface area contributed by atoms with Gasteiger partial charge in [0.15, 0.2) is 0 Å². The van der Waals surface area contributed by atoms with E-state index in [1.165, 1.54) is 5.71 Å². The van der Waals surface area contributed by atoms with Crippen molar-refractivity contribution in [1.29, 1.82) is 0 Å². The lowest BCUT2D eigenvalue weighted by molar-refractivity contribution is 0.241. The summed E-state index contributed by atoms with van der Waals surface area (Å²) in [6, 6.07) is 0. The topological polar surface area (TPSA) is 37.2 Å². The third kappa shape index (κ3) is 1.58. The van der Waals surface area contributed by atoms with E-state index in [0.717, 1.165) is 25.2 Å². The van der Waals surface area contributed by atoms with E-state index < -0.39 is 0 Å². The third-order valence-corrected chi connectivity index (χ3v) is 2.53. The highest BCUT2D eigenvalue weighted by Crippen LogP contribution is 2.20. The molecule has 0 saturated carbocycles. The standard InChI is InChI=1S/C9H15N3O/c1-12-5-7-8(11-12)3-4-10-9(7)6-13-2/h7H,3-6H2,1-2H3. The van der Waals surface area contributed by atoms with Gasteiger partial charge in [0.05, 0.1) is 18.2 Å². The second-order valence-corrected chi connectivity index (χ2v) is 3.54. The Balaban J connectivity index is 2.14. The second kappa shape index (κ2) is 3.46. The largest absolute Gasteiger partial charge is 0.379 e. The van der Waals surface area contributed by atoms with E-state index in [2.05, 4.69) is 10.1 Å². The van der Waals surface area contributed by atoms with Crippen molar-refractivity contribution in [2.45, 2.75) is 6.42 Å². The highest BCUT2D eigenvalue weighted by atomic mass is 16.5. The van der Waals surface area contributed by atoms with Crippen molar-refractivity contribution >= 4 is 11.4 Å². The molecule has 4 nitrogen and oxygen atoms in total. The Hall–Kier alpha value is -0.900. The SMILES string of the molecule is COCC1=NCCC2=NN(C)CC12. The number of hydrazone groups is 1. The van der Waals surface area contributed by atoms with E-state index in [4.69, 9.17) is 4.74 Å². The molecular weight excluding hydrogens is 166 g/mol. The highest BCUT2D eigenvalue weighted by Gasteiger charge is 2.30. The summed E-state index contributed by atoms with van der Waals surface area (Å²) in [6.07, 6.45) is 1.02. The third-order valence-electron chi connectivity index (χ3n) is 2.53. The molecule has 2 heterocycles. The van der Waals surface area contributed by atoms with Crippen molar-refractivity contribution < 1.29 is 4.74 Å². The summed E-state index contributed by atoms with van der Waals surface area (Å²) in [7, 11) is 3.72. The van der Waals surface area contributed by atoms with Crippen LogP contribution in [0.4, 0.5) is 0 Å². The lowest BCUT2D eigenvalue weighted by Gasteiger charge is -2.19. The minimum absolute atomic E-state index is 0.429. The molecular formula is C9H15N3O. The van der Waals surface area contributed by atoms with Crippen LogP contribution < -0.4 is 0 Å². The summed E-state index contributed by atoms with van der Waals surface area (Å²) in [5.41, 5.74) is 2.45. The molecule has 0 aromatic rings. The second-order valence-electron chi connectivity index (χ2n) is 3.54. The molecule has 1 atom stereocenters. The minimum Gasteiger partial charge on any atom is -0.379 e. The van der Waals surface area contributed by atoms with Gasteiger partial charge in [-0.2, -0.15) is 5.10 Å². The zero-order valence-electron chi connectivity index (χ0n) is 8.16. The van der Waals surface area contributed by atoms with Gasteiger partial charge in [-0.1, -0.05) is 0 Å². The summed E-state index contributed by atoms with van der Waals surface area (Å²) in [5.74, 6) is 0.429. The smallest absolute Gasteiger partial charge is 0.0847 e. The van der Waals surface area contributed by atoms with Crippen LogP contribution in [0.1, 0.15) is 6.42 Å². The van der Waals surface area contributed by atoms with E-state index in [0.29, 0.717) is 12.5 Å². The van der Waals surface area contributed by atoms with Gasteiger partial charge in [0.2, 0.25) is 0 Å². The first kappa shape index (κ1) is 8.69. The van der Waals surface area contributed by atoms with E-state index in [1.807, 2.05) is 12.1 Å². The van der Waals surface area contributed by atoms with E-state index in [9.17, 15) is 0 Å². The fourth-order valence-corrected chi connectivity index (χ4v) is 1.94. The molecule has 0 saturated heterocycles. The Kier molecular flexibility index (Phi) is 2.31. The van der Waals surface area contributed by atoms with Crippen LogP contribution in [-0.4, -0.2) is 50.3 Å². The maximum absolute atomic E-state index is 5.12. The molecule has 0 aromatic heterocycles. The Labute approximate surface area is 78.3 Å². The van der Waals surface area contributed by atoms with Crippen LogP contribution >= 0.6 is 0 Å². The van der Waals surface area contributed by atoms with Crippen molar-refractivity contribution in [3.63, 3.8) is 0 Å². The molecule has 0 bridgehead atoms. The molecule has 2 aliphatic heterocycles. The molecule has 2 aliphatic rings.